The van der Waals surface area contributed by atoms with Crippen molar-refractivity contribution in [3.8, 4) is 0 Å². The van der Waals surface area contributed by atoms with Crippen molar-refractivity contribution in [1.29, 1.82) is 0 Å². The second-order valence-electron chi connectivity index (χ2n) is 6.51. The topological polar surface area (TPSA) is 29.1 Å². The summed E-state index contributed by atoms with van der Waals surface area (Å²) in [5, 5.41) is 3.01. The number of benzene rings is 2. The van der Waals surface area contributed by atoms with Gasteiger partial charge in [0.2, 0.25) is 0 Å². The molecule has 29 heavy (non-hydrogen) atoms. The van der Waals surface area contributed by atoms with Gasteiger partial charge in [-0.05, 0) is 47.5 Å². The maximum Gasteiger partial charge on any atom is 0.416 e. The number of carbonyl (C=O) groups is 1. The van der Waals surface area contributed by atoms with Crippen LogP contribution in [0.1, 0.15) is 22.3 Å². The van der Waals surface area contributed by atoms with Crippen molar-refractivity contribution in [2.75, 3.05) is 13.1 Å². The lowest BCUT2D eigenvalue weighted by molar-refractivity contribution is -0.138. The van der Waals surface area contributed by atoms with E-state index < -0.39 is 23.5 Å². The Hall–Kier alpha value is -2.87. The first-order valence-corrected chi connectivity index (χ1v) is 8.55. The monoisotopic (exact) mass is 411 g/mol. The number of alkyl halides is 6. The van der Waals surface area contributed by atoms with Gasteiger partial charge in [-0.3, -0.25) is 4.79 Å². The number of carbonyl (C=O) groups excluding carboxylic acids is 1. The smallest absolute Gasteiger partial charge is 0.308 e. The van der Waals surface area contributed by atoms with E-state index >= 15 is 0 Å². The molecule has 2 nitrogen and oxygen atoms in total. The fraction of sp³-hybridized carbons (Fsp3) is 0.190. The molecule has 0 saturated carbocycles. The molecule has 2 aromatic rings. The second-order valence-corrected chi connectivity index (χ2v) is 6.51. The molecule has 1 fully saturated rings. The number of rotatable bonds is 2. The molecule has 0 amide bonds. The molecule has 152 valence electrons. The fourth-order valence-corrected chi connectivity index (χ4v) is 2.87. The van der Waals surface area contributed by atoms with Crippen LogP contribution in [0.2, 0.25) is 0 Å². The highest BCUT2D eigenvalue weighted by molar-refractivity contribution is 6.14. The van der Waals surface area contributed by atoms with Crippen LogP contribution in [0.3, 0.4) is 0 Å². The largest absolute Gasteiger partial charge is 0.416 e. The third kappa shape index (κ3) is 5.14. The zero-order valence-electron chi connectivity index (χ0n) is 14.9. The average molecular weight is 411 g/mol. The van der Waals surface area contributed by atoms with Gasteiger partial charge in [0.15, 0.2) is 5.78 Å². The molecular formula is C21H15F6NO. The summed E-state index contributed by atoms with van der Waals surface area (Å²) in [6.07, 6.45) is -5.89. The lowest BCUT2D eigenvalue weighted by atomic mass is 9.95. The van der Waals surface area contributed by atoms with Gasteiger partial charge in [-0.1, -0.05) is 24.3 Å². The summed E-state index contributed by atoms with van der Waals surface area (Å²) in [5.41, 5.74) is 0.0347. The Bertz CT molecular complexity index is 873. The Kier molecular flexibility index (Phi) is 5.66. The normalized spacial score (nSPS) is 18.5. The third-order valence-corrected chi connectivity index (χ3v) is 4.37. The molecule has 1 N–H and O–H groups in total. The van der Waals surface area contributed by atoms with Crippen LogP contribution in [0.5, 0.6) is 0 Å². The number of ketones is 1. The minimum absolute atomic E-state index is 0.240. The molecule has 0 bridgehead atoms. The first-order chi connectivity index (χ1) is 13.5. The predicted molar refractivity (Wildman–Crippen MR) is 96.7 cm³/mol. The molecule has 1 saturated heterocycles. The molecule has 1 heterocycles. The summed E-state index contributed by atoms with van der Waals surface area (Å²) in [4.78, 5) is 12.7. The van der Waals surface area contributed by atoms with E-state index in [1.165, 1.54) is 36.4 Å². The van der Waals surface area contributed by atoms with E-state index in [1.54, 1.807) is 0 Å². The standard InChI is InChI=1S/C21H15F6NO/c22-20(23,24)17-5-1-13(2-6-17)9-15-11-28-12-16(19(15)29)10-14-3-7-18(8-4-14)21(25,26)27/h1-10,28H,11-12H2/b15-9+,16-10+. The van der Waals surface area contributed by atoms with Crippen LogP contribution in [-0.4, -0.2) is 18.9 Å². The van der Waals surface area contributed by atoms with Crippen LogP contribution in [0, 0.1) is 0 Å². The van der Waals surface area contributed by atoms with Crippen LogP contribution in [0.15, 0.2) is 59.7 Å². The number of Topliss-reactive ketones (excluding diaryl/α,β-unsaturated/α-hetero) is 1. The zero-order chi connectivity index (χ0) is 21.2. The highest BCUT2D eigenvalue weighted by Gasteiger charge is 2.30. The zero-order valence-corrected chi connectivity index (χ0v) is 14.9. The van der Waals surface area contributed by atoms with Gasteiger partial charge in [-0.25, -0.2) is 0 Å². The highest BCUT2D eigenvalue weighted by Crippen LogP contribution is 2.30. The lowest BCUT2D eigenvalue weighted by Gasteiger charge is -2.18. The second kappa shape index (κ2) is 7.87. The Morgan fingerprint density at radius 2 is 1.00 bits per heavy atom. The van der Waals surface area contributed by atoms with Crippen LogP contribution >= 0.6 is 0 Å². The molecule has 2 aromatic carbocycles. The van der Waals surface area contributed by atoms with Crippen LogP contribution in [-0.2, 0) is 17.1 Å². The summed E-state index contributed by atoms with van der Waals surface area (Å²) in [6.45, 7) is 0.481. The summed E-state index contributed by atoms with van der Waals surface area (Å²) in [7, 11) is 0. The van der Waals surface area contributed by atoms with Gasteiger partial charge in [-0.15, -0.1) is 0 Å². The molecule has 8 heteroatoms. The molecule has 0 atom stereocenters. The number of nitrogens with one attached hydrogen (secondary N) is 1. The van der Waals surface area contributed by atoms with E-state index in [0.29, 0.717) is 22.3 Å². The Labute approximate surface area is 162 Å². The molecule has 0 spiro atoms. The Morgan fingerprint density at radius 3 is 1.31 bits per heavy atom. The van der Waals surface area contributed by atoms with Crippen molar-refractivity contribution in [1.82, 2.24) is 5.32 Å². The van der Waals surface area contributed by atoms with E-state index in [4.69, 9.17) is 0 Å². The van der Waals surface area contributed by atoms with E-state index in [1.807, 2.05) is 0 Å². The first kappa shape index (κ1) is 20.9. The summed E-state index contributed by atoms with van der Waals surface area (Å²) >= 11 is 0. The summed E-state index contributed by atoms with van der Waals surface area (Å²) < 4.78 is 75.8. The SMILES string of the molecule is O=C1/C(=C/c2ccc(C(F)(F)F)cc2)CNC/C1=C\c1ccc(C(F)(F)F)cc1. The molecule has 1 aliphatic heterocycles. The van der Waals surface area contributed by atoms with Gasteiger partial charge < -0.3 is 5.32 Å². The summed E-state index contributed by atoms with van der Waals surface area (Å²) in [6, 6.07) is 8.85. The van der Waals surface area contributed by atoms with Crippen molar-refractivity contribution in [3.05, 3.63) is 81.9 Å². The van der Waals surface area contributed by atoms with E-state index in [0.717, 1.165) is 24.3 Å². The molecule has 0 radical (unpaired) electrons. The third-order valence-electron chi connectivity index (χ3n) is 4.37. The molecular weight excluding hydrogens is 396 g/mol. The van der Waals surface area contributed by atoms with Crippen molar-refractivity contribution in [2.24, 2.45) is 0 Å². The molecule has 0 aromatic heterocycles. The van der Waals surface area contributed by atoms with Crippen LogP contribution < -0.4 is 5.32 Å². The quantitative estimate of drug-likeness (QED) is 0.532. The van der Waals surface area contributed by atoms with E-state index in [9.17, 15) is 31.1 Å². The molecule has 1 aliphatic rings. The maximum atomic E-state index is 12.7. The number of hydrogen-bond acceptors (Lipinski definition) is 2. The molecule has 0 unspecified atom stereocenters. The van der Waals surface area contributed by atoms with Gasteiger partial charge >= 0.3 is 12.4 Å². The summed E-state index contributed by atoms with van der Waals surface area (Å²) in [5.74, 6) is -0.302. The fourth-order valence-electron chi connectivity index (χ4n) is 2.87. The Morgan fingerprint density at radius 1 is 0.655 bits per heavy atom. The number of halogens is 6. The minimum Gasteiger partial charge on any atom is -0.308 e. The van der Waals surface area contributed by atoms with Gasteiger partial charge in [0, 0.05) is 24.2 Å². The van der Waals surface area contributed by atoms with Gasteiger partial charge in [-0.2, -0.15) is 26.3 Å². The van der Waals surface area contributed by atoms with Crippen LogP contribution in [0.4, 0.5) is 26.3 Å². The van der Waals surface area contributed by atoms with E-state index in [2.05, 4.69) is 5.32 Å². The maximum absolute atomic E-state index is 12.7. The number of hydrogen-bond donors (Lipinski definition) is 1. The van der Waals surface area contributed by atoms with Gasteiger partial charge in [0.1, 0.15) is 0 Å². The van der Waals surface area contributed by atoms with Crippen molar-refractivity contribution in [3.63, 3.8) is 0 Å². The lowest BCUT2D eigenvalue weighted by Crippen LogP contribution is -2.32. The van der Waals surface area contributed by atoms with Crippen molar-refractivity contribution < 1.29 is 31.1 Å². The van der Waals surface area contributed by atoms with Gasteiger partial charge in [0.05, 0.1) is 11.1 Å². The van der Waals surface area contributed by atoms with Gasteiger partial charge in [0.25, 0.3) is 0 Å². The average Bonchev–Trinajstić information content (AvgIpc) is 2.64. The number of piperidine rings is 1. The van der Waals surface area contributed by atoms with Crippen molar-refractivity contribution in [2.45, 2.75) is 12.4 Å². The minimum atomic E-state index is -4.44. The molecule has 3 rings (SSSR count). The first-order valence-electron chi connectivity index (χ1n) is 8.55. The van der Waals surface area contributed by atoms with E-state index in [-0.39, 0.29) is 18.9 Å². The Balaban J connectivity index is 1.81. The molecule has 0 aliphatic carbocycles. The van der Waals surface area contributed by atoms with Crippen LogP contribution in [0.25, 0.3) is 12.2 Å². The highest BCUT2D eigenvalue weighted by atomic mass is 19.4. The van der Waals surface area contributed by atoms with Crippen molar-refractivity contribution >= 4 is 17.9 Å². The predicted octanol–water partition coefficient (Wildman–Crippen LogP) is 5.36.